The summed E-state index contributed by atoms with van der Waals surface area (Å²) in [6, 6.07) is -0.151. The minimum atomic E-state index is -2.86. The van der Waals surface area contributed by atoms with Crippen LogP contribution in [0, 0.1) is 5.92 Å². The van der Waals surface area contributed by atoms with E-state index >= 15 is 0 Å². The van der Waals surface area contributed by atoms with Crippen LogP contribution in [0.25, 0.3) is 0 Å². The van der Waals surface area contributed by atoms with Crippen LogP contribution < -0.4 is 5.73 Å². The third kappa shape index (κ3) is 3.08. The highest BCUT2D eigenvalue weighted by atomic mass is 32.2. The number of sulfone groups is 1. The van der Waals surface area contributed by atoms with Crippen molar-refractivity contribution < 1.29 is 8.42 Å². The number of aromatic nitrogens is 3. The van der Waals surface area contributed by atoms with Crippen LogP contribution >= 0.6 is 0 Å². The highest BCUT2D eigenvalue weighted by Crippen LogP contribution is 2.22. The van der Waals surface area contributed by atoms with Crippen molar-refractivity contribution in [1.29, 1.82) is 0 Å². The first-order valence-corrected chi connectivity index (χ1v) is 8.16. The van der Waals surface area contributed by atoms with Gasteiger partial charge in [0, 0.05) is 19.0 Å². The summed E-state index contributed by atoms with van der Waals surface area (Å²) in [5.74, 6) is 1.40. The molecule has 1 fully saturated rings. The van der Waals surface area contributed by atoms with Crippen molar-refractivity contribution in [2.24, 2.45) is 11.7 Å². The zero-order valence-corrected chi connectivity index (χ0v) is 11.4. The molecule has 0 spiro atoms. The Morgan fingerprint density at radius 1 is 1.61 bits per heavy atom. The van der Waals surface area contributed by atoms with E-state index in [-0.39, 0.29) is 23.5 Å². The van der Waals surface area contributed by atoms with Crippen molar-refractivity contribution in [3.05, 3.63) is 12.2 Å². The highest BCUT2D eigenvalue weighted by molar-refractivity contribution is 7.91. The van der Waals surface area contributed by atoms with Gasteiger partial charge < -0.3 is 5.73 Å². The first kappa shape index (κ1) is 13.5. The molecule has 0 bridgehead atoms. The van der Waals surface area contributed by atoms with Crippen molar-refractivity contribution in [3.8, 4) is 0 Å². The topological polar surface area (TPSA) is 90.9 Å². The van der Waals surface area contributed by atoms with Crippen LogP contribution in [0.3, 0.4) is 0 Å². The molecule has 1 aliphatic heterocycles. The van der Waals surface area contributed by atoms with Crippen LogP contribution in [0.2, 0.25) is 0 Å². The fourth-order valence-corrected chi connectivity index (χ4v) is 4.28. The molecule has 1 aromatic heterocycles. The number of nitrogens with two attached hydrogens (primary N) is 1. The van der Waals surface area contributed by atoms with E-state index in [2.05, 4.69) is 17.0 Å². The van der Waals surface area contributed by atoms with E-state index in [0.29, 0.717) is 12.8 Å². The quantitative estimate of drug-likeness (QED) is 0.814. The summed E-state index contributed by atoms with van der Waals surface area (Å²) in [7, 11) is -2.86. The molecule has 1 aliphatic rings. The standard InChI is InChI=1S/C11H20N4O2S/c1-2-4-15-11(13-8-14-15)6-10(12)9-3-5-18(16,17)7-9/h8-10H,2-7,12H2,1H3. The third-order valence-corrected chi connectivity index (χ3v) is 5.22. The maximum absolute atomic E-state index is 11.4. The van der Waals surface area contributed by atoms with Crippen molar-refractivity contribution >= 4 is 9.84 Å². The second-order valence-electron chi connectivity index (χ2n) is 4.93. The molecule has 7 heteroatoms. The summed E-state index contributed by atoms with van der Waals surface area (Å²) in [6.45, 7) is 2.90. The third-order valence-electron chi connectivity index (χ3n) is 3.42. The minimum Gasteiger partial charge on any atom is -0.327 e. The van der Waals surface area contributed by atoms with Crippen LogP contribution in [-0.2, 0) is 22.8 Å². The summed E-state index contributed by atoms with van der Waals surface area (Å²) in [6.07, 6.45) is 3.79. The number of hydrogen-bond donors (Lipinski definition) is 1. The maximum Gasteiger partial charge on any atom is 0.150 e. The molecule has 2 heterocycles. The molecule has 2 unspecified atom stereocenters. The van der Waals surface area contributed by atoms with Gasteiger partial charge in [0.1, 0.15) is 12.2 Å². The number of hydrogen-bond acceptors (Lipinski definition) is 5. The lowest BCUT2D eigenvalue weighted by Crippen LogP contribution is -2.34. The monoisotopic (exact) mass is 272 g/mol. The van der Waals surface area contributed by atoms with E-state index in [1.807, 2.05) is 4.68 Å². The lowest BCUT2D eigenvalue weighted by atomic mass is 9.97. The Balaban J connectivity index is 1.99. The van der Waals surface area contributed by atoms with Gasteiger partial charge in [0.2, 0.25) is 0 Å². The van der Waals surface area contributed by atoms with Gasteiger partial charge in [-0.2, -0.15) is 5.10 Å². The first-order chi connectivity index (χ1) is 8.52. The van der Waals surface area contributed by atoms with Crippen LogP contribution in [0.15, 0.2) is 6.33 Å². The zero-order valence-electron chi connectivity index (χ0n) is 10.6. The van der Waals surface area contributed by atoms with Crippen molar-refractivity contribution in [3.63, 3.8) is 0 Å². The van der Waals surface area contributed by atoms with Crippen LogP contribution in [0.4, 0.5) is 0 Å². The number of aryl methyl sites for hydroxylation is 1. The minimum absolute atomic E-state index is 0.0572. The number of rotatable bonds is 5. The van der Waals surface area contributed by atoms with E-state index in [9.17, 15) is 8.42 Å². The molecule has 1 aromatic rings. The molecule has 1 saturated heterocycles. The molecule has 18 heavy (non-hydrogen) atoms. The molecular weight excluding hydrogens is 252 g/mol. The largest absolute Gasteiger partial charge is 0.327 e. The smallest absolute Gasteiger partial charge is 0.150 e. The Morgan fingerprint density at radius 2 is 2.39 bits per heavy atom. The summed E-state index contributed by atoms with van der Waals surface area (Å²) >= 11 is 0. The molecular formula is C11H20N4O2S. The Labute approximate surface area is 108 Å². The first-order valence-electron chi connectivity index (χ1n) is 6.34. The van der Waals surface area contributed by atoms with Gasteiger partial charge in [0.25, 0.3) is 0 Å². The molecule has 0 radical (unpaired) electrons. The van der Waals surface area contributed by atoms with Crippen LogP contribution in [0.5, 0.6) is 0 Å². The van der Waals surface area contributed by atoms with Gasteiger partial charge in [-0.25, -0.2) is 13.4 Å². The van der Waals surface area contributed by atoms with Gasteiger partial charge in [-0.05, 0) is 18.8 Å². The lowest BCUT2D eigenvalue weighted by molar-refractivity contribution is 0.439. The Bertz CT molecular complexity index is 497. The molecule has 6 nitrogen and oxygen atoms in total. The van der Waals surface area contributed by atoms with Crippen molar-refractivity contribution in [2.75, 3.05) is 11.5 Å². The predicted molar refractivity (Wildman–Crippen MR) is 68.8 cm³/mol. The fourth-order valence-electron chi connectivity index (χ4n) is 2.38. The van der Waals surface area contributed by atoms with Gasteiger partial charge in [0.05, 0.1) is 11.5 Å². The van der Waals surface area contributed by atoms with E-state index in [1.54, 1.807) is 0 Å². The molecule has 2 rings (SSSR count). The Kier molecular flexibility index (Phi) is 4.01. The van der Waals surface area contributed by atoms with Crippen molar-refractivity contribution in [1.82, 2.24) is 14.8 Å². The SMILES string of the molecule is CCCn1ncnc1CC(N)C1CCS(=O)(=O)C1. The Morgan fingerprint density at radius 3 is 3.00 bits per heavy atom. The molecule has 2 N–H and O–H groups in total. The number of nitrogens with zero attached hydrogens (tertiary/aromatic N) is 3. The summed E-state index contributed by atoms with van der Waals surface area (Å²) in [4.78, 5) is 4.20. The summed E-state index contributed by atoms with van der Waals surface area (Å²) in [5.41, 5.74) is 6.11. The van der Waals surface area contributed by atoms with Gasteiger partial charge in [0.15, 0.2) is 9.84 Å². The second kappa shape index (κ2) is 5.36. The van der Waals surface area contributed by atoms with Crippen LogP contribution in [-0.4, -0.2) is 40.7 Å². The molecule has 0 saturated carbocycles. The van der Waals surface area contributed by atoms with Crippen molar-refractivity contribution in [2.45, 2.75) is 38.8 Å². The predicted octanol–water partition coefficient (Wildman–Crippen LogP) is -0.00740. The zero-order chi connectivity index (χ0) is 13.2. The highest BCUT2D eigenvalue weighted by Gasteiger charge is 2.32. The van der Waals surface area contributed by atoms with Gasteiger partial charge in [-0.15, -0.1) is 0 Å². The Hall–Kier alpha value is -0.950. The molecule has 0 aliphatic carbocycles. The van der Waals surface area contributed by atoms with E-state index in [4.69, 9.17) is 5.73 Å². The van der Waals surface area contributed by atoms with E-state index < -0.39 is 9.84 Å². The average Bonchev–Trinajstić information content (AvgIpc) is 2.86. The van der Waals surface area contributed by atoms with E-state index in [1.165, 1.54) is 6.33 Å². The molecule has 0 amide bonds. The van der Waals surface area contributed by atoms with Gasteiger partial charge in [-0.3, -0.25) is 4.68 Å². The van der Waals surface area contributed by atoms with Gasteiger partial charge >= 0.3 is 0 Å². The molecule has 0 aromatic carbocycles. The lowest BCUT2D eigenvalue weighted by Gasteiger charge is -2.17. The maximum atomic E-state index is 11.4. The summed E-state index contributed by atoms with van der Waals surface area (Å²) < 4.78 is 24.7. The normalized spacial score (nSPS) is 24.2. The fraction of sp³-hybridized carbons (Fsp3) is 0.818. The summed E-state index contributed by atoms with van der Waals surface area (Å²) in [5, 5.41) is 4.15. The second-order valence-corrected chi connectivity index (χ2v) is 7.16. The average molecular weight is 272 g/mol. The van der Waals surface area contributed by atoms with Crippen LogP contribution in [0.1, 0.15) is 25.6 Å². The van der Waals surface area contributed by atoms with E-state index in [0.717, 1.165) is 18.8 Å². The van der Waals surface area contributed by atoms with Gasteiger partial charge in [-0.1, -0.05) is 6.92 Å². The molecule has 2 atom stereocenters. The molecule has 102 valence electrons.